The Morgan fingerprint density at radius 1 is 1.70 bits per heavy atom. The van der Waals surface area contributed by atoms with Crippen molar-refractivity contribution in [3.8, 4) is 0 Å². The number of imidazole rings is 1. The SMILES string of the molecule is c1ncc(C2CCCS2)[nH]1. The number of H-pyrrole nitrogens is 1. The van der Waals surface area contributed by atoms with E-state index in [1.807, 2.05) is 18.0 Å². The highest BCUT2D eigenvalue weighted by atomic mass is 32.2. The molecule has 1 saturated heterocycles. The van der Waals surface area contributed by atoms with Gasteiger partial charge in [-0.15, -0.1) is 0 Å². The zero-order valence-electron chi connectivity index (χ0n) is 5.71. The largest absolute Gasteiger partial charge is 0.348 e. The van der Waals surface area contributed by atoms with Gasteiger partial charge in [-0.05, 0) is 18.6 Å². The summed E-state index contributed by atoms with van der Waals surface area (Å²) in [4.78, 5) is 7.14. The third-order valence-corrected chi connectivity index (χ3v) is 3.21. The van der Waals surface area contributed by atoms with Gasteiger partial charge in [0.05, 0.1) is 6.33 Å². The molecule has 1 aliphatic heterocycles. The maximum atomic E-state index is 4.00. The highest BCUT2D eigenvalue weighted by Crippen LogP contribution is 2.38. The van der Waals surface area contributed by atoms with Gasteiger partial charge in [-0.1, -0.05) is 0 Å². The van der Waals surface area contributed by atoms with E-state index >= 15 is 0 Å². The average molecular weight is 154 g/mol. The van der Waals surface area contributed by atoms with E-state index in [9.17, 15) is 0 Å². The maximum absolute atomic E-state index is 4.00. The molecule has 0 spiro atoms. The quantitative estimate of drug-likeness (QED) is 0.670. The molecule has 1 atom stereocenters. The van der Waals surface area contributed by atoms with E-state index < -0.39 is 0 Å². The Bertz CT molecular complexity index is 189. The number of hydrogen-bond donors (Lipinski definition) is 1. The topological polar surface area (TPSA) is 28.7 Å². The molecule has 2 heterocycles. The number of hydrogen-bond acceptors (Lipinski definition) is 2. The molecular formula is C7H10N2S. The van der Waals surface area contributed by atoms with Crippen LogP contribution in [0.4, 0.5) is 0 Å². The third kappa shape index (κ3) is 1.06. The Labute approximate surface area is 64.4 Å². The minimum Gasteiger partial charge on any atom is -0.348 e. The summed E-state index contributed by atoms with van der Waals surface area (Å²) in [5, 5.41) is 0.697. The lowest BCUT2D eigenvalue weighted by molar-refractivity contribution is 0.812. The molecule has 2 nitrogen and oxygen atoms in total. The van der Waals surface area contributed by atoms with Gasteiger partial charge in [0.1, 0.15) is 0 Å². The van der Waals surface area contributed by atoms with Crippen molar-refractivity contribution in [3.63, 3.8) is 0 Å². The van der Waals surface area contributed by atoms with Gasteiger partial charge in [0.25, 0.3) is 0 Å². The van der Waals surface area contributed by atoms with Gasteiger partial charge in [-0.25, -0.2) is 4.98 Å². The van der Waals surface area contributed by atoms with Gasteiger partial charge in [0.15, 0.2) is 0 Å². The summed E-state index contributed by atoms with van der Waals surface area (Å²) in [7, 11) is 0. The fourth-order valence-electron chi connectivity index (χ4n) is 1.27. The Balaban J connectivity index is 2.12. The van der Waals surface area contributed by atoms with Crippen molar-refractivity contribution in [3.05, 3.63) is 18.2 Å². The molecule has 1 aromatic heterocycles. The van der Waals surface area contributed by atoms with Gasteiger partial charge in [0.2, 0.25) is 0 Å². The molecule has 0 aromatic carbocycles. The van der Waals surface area contributed by atoms with Crippen LogP contribution in [-0.4, -0.2) is 15.7 Å². The van der Waals surface area contributed by atoms with Gasteiger partial charge in [0, 0.05) is 17.1 Å². The van der Waals surface area contributed by atoms with Crippen LogP contribution in [0.5, 0.6) is 0 Å². The Morgan fingerprint density at radius 3 is 3.30 bits per heavy atom. The molecule has 1 unspecified atom stereocenters. The second-order valence-corrected chi connectivity index (χ2v) is 3.82. The van der Waals surface area contributed by atoms with Crippen LogP contribution in [0.25, 0.3) is 0 Å². The molecule has 10 heavy (non-hydrogen) atoms. The highest BCUT2D eigenvalue weighted by Gasteiger charge is 2.17. The molecule has 0 saturated carbocycles. The lowest BCUT2D eigenvalue weighted by atomic mass is 10.2. The van der Waals surface area contributed by atoms with Gasteiger partial charge in [-0.2, -0.15) is 11.8 Å². The minimum absolute atomic E-state index is 0.697. The number of aromatic nitrogens is 2. The predicted molar refractivity (Wildman–Crippen MR) is 43.0 cm³/mol. The van der Waals surface area contributed by atoms with Crippen LogP contribution in [-0.2, 0) is 0 Å². The summed E-state index contributed by atoms with van der Waals surface area (Å²) in [6.45, 7) is 0. The third-order valence-electron chi connectivity index (χ3n) is 1.80. The summed E-state index contributed by atoms with van der Waals surface area (Å²) in [6.07, 6.45) is 6.36. The van der Waals surface area contributed by atoms with Crippen molar-refractivity contribution in [2.75, 3.05) is 5.75 Å². The summed E-state index contributed by atoms with van der Waals surface area (Å²) in [6, 6.07) is 0. The van der Waals surface area contributed by atoms with Crippen molar-refractivity contribution in [2.45, 2.75) is 18.1 Å². The van der Waals surface area contributed by atoms with Crippen molar-refractivity contribution >= 4 is 11.8 Å². The first-order valence-corrected chi connectivity index (χ1v) is 4.61. The van der Waals surface area contributed by atoms with E-state index in [-0.39, 0.29) is 0 Å². The summed E-state index contributed by atoms with van der Waals surface area (Å²) in [5.41, 5.74) is 1.29. The van der Waals surface area contributed by atoms with E-state index in [4.69, 9.17) is 0 Å². The number of aromatic amines is 1. The maximum Gasteiger partial charge on any atom is 0.0922 e. The summed E-state index contributed by atoms with van der Waals surface area (Å²) >= 11 is 2.03. The van der Waals surface area contributed by atoms with E-state index in [1.54, 1.807) is 6.33 Å². The fourth-order valence-corrected chi connectivity index (χ4v) is 2.53. The van der Waals surface area contributed by atoms with Gasteiger partial charge >= 0.3 is 0 Å². The molecule has 0 bridgehead atoms. The number of nitrogens with zero attached hydrogens (tertiary/aromatic N) is 1. The van der Waals surface area contributed by atoms with E-state index in [0.29, 0.717) is 5.25 Å². The Hall–Kier alpha value is -0.440. The summed E-state index contributed by atoms with van der Waals surface area (Å²) < 4.78 is 0. The van der Waals surface area contributed by atoms with E-state index in [2.05, 4.69) is 9.97 Å². The minimum atomic E-state index is 0.697. The molecule has 1 N–H and O–H groups in total. The molecule has 1 aliphatic rings. The normalized spacial score (nSPS) is 25.4. The molecule has 2 rings (SSSR count). The monoisotopic (exact) mass is 154 g/mol. The molecule has 0 amide bonds. The number of rotatable bonds is 1. The molecule has 1 fully saturated rings. The van der Waals surface area contributed by atoms with Crippen LogP contribution in [0.1, 0.15) is 23.8 Å². The average Bonchev–Trinajstić information content (AvgIpc) is 2.59. The van der Waals surface area contributed by atoms with Crippen molar-refractivity contribution in [1.29, 1.82) is 0 Å². The van der Waals surface area contributed by atoms with Crippen molar-refractivity contribution in [2.24, 2.45) is 0 Å². The first kappa shape index (κ1) is 6.28. The van der Waals surface area contributed by atoms with Crippen molar-refractivity contribution in [1.82, 2.24) is 9.97 Å². The lowest BCUT2D eigenvalue weighted by Crippen LogP contribution is -1.86. The molecule has 54 valence electrons. The summed E-state index contributed by atoms with van der Waals surface area (Å²) in [5.74, 6) is 1.31. The van der Waals surface area contributed by atoms with Crippen molar-refractivity contribution < 1.29 is 0 Å². The first-order valence-electron chi connectivity index (χ1n) is 3.57. The van der Waals surface area contributed by atoms with Gasteiger partial charge in [-0.3, -0.25) is 0 Å². The predicted octanol–water partition coefficient (Wildman–Crippen LogP) is 1.98. The number of thioether (sulfide) groups is 1. The molecule has 1 aromatic rings. The molecule has 0 aliphatic carbocycles. The van der Waals surface area contributed by atoms with Crippen LogP contribution < -0.4 is 0 Å². The fraction of sp³-hybridized carbons (Fsp3) is 0.571. The van der Waals surface area contributed by atoms with Gasteiger partial charge < -0.3 is 4.98 Å². The Morgan fingerprint density at radius 2 is 2.70 bits per heavy atom. The van der Waals surface area contributed by atoms with E-state index in [0.717, 1.165) is 0 Å². The second-order valence-electron chi connectivity index (χ2n) is 2.51. The zero-order chi connectivity index (χ0) is 6.81. The second kappa shape index (κ2) is 2.66. The first-order chi connectivity index (χ1) is 4.97. The van der Waals surface area contributed by atoms with Crippen LogP contribution in [0.3, 0.4) is 0 Å². The van der Waals surface area contributed by atoms with Crippen LogP contribution in [0.15, 0.2) is 12.5 Å². The van der Waals surface area contributed by atoms with Crippen LogP contribution in [0, 0.1) is 0 Å². The molecule has 3 heteroatoms. The van der Waals surface area contributed by atoms with Crippen LogP contribution in [0.2, 0.25) is 0 Å². The molecule has 0 radical (unpaired) electrons. The standard InChI is InChI=1S/C7H10N2S/c1-2-7(10-3-1)6-4-8-5-9-6/h4-5,7H,1-3H2,(H,8,9). The zero-order valence-corrected chi connectivity index (χ0v) is 6.53. The number of nitrogens with one attached hydrogen (secondary N) is 1. The Kier molecular flexibility index (Phi) is 1.67. The highest BCUT2D eigenvalue weighted by molar-refractivity contribution is 7.99. The van der Waals surface area contributed by atoms with Crippen LogP contribution >= 0.6 is 11.8 Å². The van der Waals surface area contributed by atoms with E-state index in [1.165, 1.54) is 24.3 Å². The smallest absolute Gasteiger partial charge is 0.0922 e. The molecular weight excluding hydrogens is 144 g/mol. The lowest BCUT2D eigenvalue weighted by Gasteiger charge is -2.02.